The lowest BCUT2D eigenvalue weighted by atomic mass is 10.2. The van der Waals surface area contributed by atoms with Crippen molar-refractivity contribution in [2.24, 2.45) is 0 Å². The van der Waals surface area contributed by atoms with Crippen molar-refractivity contribution in [1.29, 1.82) is 0 Å². The summed E-state index contributed by atoms with van der Waals surface area (Å²) in [5, 5.41) is 4.19. The SMILES string of the molecule is Fc1ccc(CCl)cc1.c1ccc(P(c2ccccc2)c2ccccc2)cc1. The topological polar surface area (TPSA) is 0 Å². The Kier molecular flexibility index (Phi) is 7.79. The maximum atomic E-state index is 12.2. The summed E-state index contributed by atoms with van der Waals surface area (Å²) in [5.74, 6) is 0.226. The van der Waals surface area contributed by atoms with Crippen molar-refractivity contribution >= 4 is 35.4 Å². The van der Waals surface area contributed by atoms with E-state index in [-0.39, 0.29) is 5.82 Å². The number of alkyl halides is 1. The standard InChI is InChI=1S/C18H15P.C7H6ClF/c1-4-10-16(11-5-1)19(17-12-6-2-7-13-17)18-14-8-3-9-15-18;8-5-6-1-3-7(9)4-2-6/h1-15H;1-4H,5H2. The van der Waals surface area contributed by atoms with Crippen LogP contribution >= 0.6 is 19.5 Å². The third-order valence-corrected chi connectivity index (χ3v) is 6.86. The largest absolute Gasteiger partial charge is 0.207 e. The van der Waals surface area contributed by atoms with Gasteiger partial charge in [0.05, 0.1) is 0 Å². The fraction of sp³-hybridized carbons (Fsp3) is 0.0400. The molecule has 0 saturated heterocycles. The van der Waals surface area contributed by atoms with E-state index in [1.165, 1.54) is 28.0 Å². The molecular weight excluding hydrogens is 386 g/mol. The average Bonchev–Trinajstić information content (AvgIpc) is 2.77. The van der Waals surface area contributed by atoms with Gasteiger partial charge in [0, 0.05) is 5.88 Å². The molecule has 0 aliphatic rings. The Balaban J connectivity index is 0.000000211. The molecule has 0 saturated carbocycles. The van der Waals surface area contributed by atoms with Gasteiger partial charge in [-0.2, -0.15) is 0 Å². The van der Waals surface area contributed by atoms with Crippen LogP contribution in [0.4, 0.5) is 4.39 Å². The van der Waals surface area contributed by atoms with Gasteiger partial charge in [-0.3, -0.25) is 0 Å². The van der Waals surface area contributed by atoms with E-state index < -0.39 is 7.92 Å². The summed E-state index contributed by atoms with van der Waals surface area (Å²) in [4.78, 5) is 0. The molecule has 0 aromatic heterocycles. The van der Waals surface area contributed by atoms with E-state index in [9.17, 15) is 4.39 Å². The summed E-state index contributed by atoms with van der Waals surface area (Å²) >= 11 is 5.46. The summed E-state index contributed by atoms with van der Waals surface area (Å²) < 4.78 is 12.2. The maximum Gasteiger partial charge on any atom is 0.123 e. The monoisotopic (exact) mass is 406 g/mol. The molecule has 0 heterocycles. The molecule has 0 spiro atoms. The molecule has 0 nitrogen and oxygen atoms in total. The molecule has 140 valence electrons. The molecule has 0 N–H and O–H groups in total. The highest BCUT2D eigenvalue weighted by Crippen LogP contribution is 2.32. The first kappa shape index (κ1) is 20.3. The van der Waals surface area contributed by atoms with Crippen LogP contribution in [0.15, 0.2) is 115 Å². The van der Waals surface area contributed by atoms with E-state index in [2.05, 4.69) is 91.0 Å². The van der Waals surface area contributed by atoms with Gasteiger partial charge < -0.3 is 0 Å². The van der Waals surface area contributed by atoms with Crippen LogP contribution in [0.3, 0.4) is 0 Å². The first-order valence-electron chi connectivity index (χ1n) is 9.03. The minimum absolute atomic E-state index is 0.219. The molecule has 0 bridgehead atoms. The molecule has 0 aliphatic carbocycles. The fourth-order valence-electron chi connectivity index (χ4n) is 2.75. The van der Waals surface area contributed by atoms with Crippen LogP contribution in [0.5, 0.6) is 0 Å². The van der Waals surface area contributed by atoms with Crippen LogP contribution in [0, 0.1) is 5.82 Å². The van der Waals surface area contributed by atoms with Crippen molar-refractivity contribution in [3.8, 4) is 0 Å². The zero-order chi connectivity index (χ0) is 19.6. The van der Waals surface area contributed by atoms with Gasteiger partial charge in [-0.15, -0.1) is 11.6 Å². The zero-order valence-electron chi connectivity index (χ0n) is 15.4. The van der Waals surface area contributed by atoms with Crippen LogP contribution in [0.2, 0.25) is 0 Å². The second kappa shape index (κ2) is 10.8. The quantitative estimate of drug-likeness (QED) is 0.287. The van der Waals surface area contributed by atoms with Crippen LogP contribution in [-0.2, 0) is 5.88 Å². The van der Waals surface area contributed by atoms with Crippen LogP contribution in [0.25, 0.3) is 0 Å². The predicted molar refractivity (Wildman–Crippen MR) is 121 cm³/mol. The van der Waals surface area contributed by atoms with Crippen molar-refractivity contribution in [3.05, 3.63) is 127 Å². The van der Waals surface area contributed by atoms with E-state index in [4.69, 9.17) is 11.6 Å². The molecule has 4 rings (SSSR count). The second-order valence-corrected chi connectivity index (χ2v) is 8.59. The van der Waals surface area contributed by atoms with Crippen LogP contribution < -0.4 is 15.9 Å². The lowest BCUT2D eigenvalue weighted by Crippen LogP contribution is -2.20. The van der Waals surface area contributed by atoms with Crippen molar-refractivity contribution in [3.63, 3.8) is 0 Å². The minimum Gasteiger partial charge on any atom is -0.207 e. The maximum absolute atomic E-state index is 12.2. The first-order chi connectivity index (χ1) is 13.8. The van der Waals surface area contributed by atoms with Gasteiger partial charge in [-0.05, 0) is 41.5 Å². The average molecular weight is 407 g/mol. The van der Waals surface area contributed by atoms with Gasteiger partial charge >= 0.3 is 0 Å². The van der Waals surface area contributed by atoms with Crippen molar-refractivity contribution in [1.82, 2.24) is 0 Å². The molecule has 0 amide bonds. The number of halogens is 2. The van der Waals surface area contributed by atoms with Crippen molar-refractivity contribution in [2.45, 2.75) is 5.88 Å². The molecule has 4 aromatic carbocycles. The molecule has 3 heteroatoms. The molecule has 4 aromatic rings. The minimum atomic E-state index is -0.446. The van der Waals surface area contributed by atoms with Gasteiger partial charge in [0.2, 0.25) is 0 Å². The lowest BCUT2D eigenvalue weighted by Gasteiger charge is -2.18. The Morgan fingerprint density at radius 2 is 0.893 bits per heavy atom. The van der Waals surface area contributed by atoms with E-state index in [0.717, 1.165) is 5.56 Å². The summed E-state index contributed by atoms with van der Waals surface area (Å²) in [7, 11) is -0.446. The summed E-state index contributed by atoms with van der Waals surface area (Å²) in [6, 6.07) is 38.5. The molecule has 0 atom stereocenters. The zero-order valence-corrected chi connectivity index (χ0v) is 17.0. The van der Waals surface area contributed by atoms with E-state index in [0.29, 0.717) is 5.88 Å². The third-order valence-electron chi connectivity index (χ3n) is 4.11. The molecule has 0 aliphatic heterocycles. The highest BCUT2D eigenvalue weighted by atomic mass is 35.5. The van der Waals surface area contributed by atoms with Gasteiger partial charge in [0.15, 0.2) is 0 Å². The highest BCUT2D eigenvalue weighted by molar-refractivity contribution is 7.79. The van der Waals surface area contributed by atoms with Crippen molar-refractivity contribution < 1.29 is 4.39 Å². The molecule has 0 radical (unpaired) electrons. The van der Waals surface area contributed by atoms with E-state index in [1.54, 1.807) is 12.1 Å². The molecular formula is C25H21ClFP. The number of hydrogen-bond donors (Lipinski definition) is 0. The van der Waals surface area contributed by atoms with E-state index >= 15 is 0 Å². The summed E-state index contributed by atoms with van der Waals surface area (Å²) in [5.41, 5.74) is 0.943. The second-order valence-electron chi connectivity index (χ2n) is 6.10. The Bertz CT molecular complexity index is 848. The van der Waals surface area contributed by atoms with Crippen LogP contribution in [0.1, 0.15) is 5.56 Å². The lowest BCUT2D eigenvalue weighted by molar-refractivity contribution is 0.627. The third kappa shape index (κ3) is 5.76. The van der Waals surface area contributed by atoms with Gasteiger partial charge in [-0.25, -0.2) is 4.39 Å². The normalized spacial score (nSPS) is 10.2. The van der Waals surface area contributed by atoms with Crippen molar-refractivity contribution in [2.75, 3.05) is 0 Å². The Morgan fingerprint density at radius 1 is 0.536 bits per heavy atom. The Hall–Kier alpha value is -2.47. The predicted octanol–water partition coefficient (Wildman–Crippen LogP) is 6.01. The van der Waals surface area contributed by atoms with Gasteiger partial charge in [0.25, 0.3) is 0 Å². The Labute approximate surface area is 172 Å². The van der Waals surface area contributed by atoms with E-state index in [1.807, 2.05) is 0 Å². The highest BCUT2D eigenvalue weighted by Gasteiger charge is 2.14. The smallest absolute Gasteiger partial charge is 0.123 e. The fourth-order valence-corrected chi connectivity index (χ4v) is 5.24. The Morgan fingerprint density at radius 3 is 1.21 bits per heavy atom. The first-order valence-corrected chi connectivity index (χ1v) is 10.9. The number of benzene rings is 4. The molecule has 0 fully saturated rings. The van der Waals surface area contributed by atoms with Crippen LogP contribution in [-0.4, -0.2) is 0 Å². The molecule has 28 heavy (non-hydrogen) atoms. The van der Waals surface area contributed by atoms with Gasteiger partial charge in [0.1, 0.15) is 5.82 Å². The summed E-state index contributed by atoms with van der Waals surface area (Å²) in [6.45, 7) is 0. The number of hydrogen-bond acceptors (Lipinski definition) is 0. The summed E-state index contributed by atoms with van der Waals surface area (Å²) in [6.07, 6.45) is 0. The number of rotatable bonds is 4. The molecule has 0 unspecified atom stereocenters. The van der Waals surface area contributed by atoms with Gasteiger partial charge in [-0.1, -0.05) is 103 Å².